The highest BCUT2D eigenvalue weighted by Crippen LogP contribution is 2.41. The maximum Gasteiger partial charge on any atom is 0.313 e. The number of carboxylic acid groups (broad SMARTS) is 1. The van der Waals surface area contributed by atoms with Crippen molar-refractivity contribution < 1.29 is 14.7 Å². The number of rotatable bonds is 2. The zero-order chi connectivity index (χ0) is 11.2. The zero-order valence-electron chi connectivity index (χ0n) is 8.26. The third-order valence-electron chi connectivity index (χ3n) is 2.90. The molecule has 2 heterocycles. The lowest BCUT2D eigenvalue weighted by atomic mass is 9.89. The molecule has 0 aromatic carbocycles. The van der Waals surface area contributed by atoms with Crippen molar-refractivity contribution in [3.05, 3.63) is 0 Å². The number of thioether (sulfide) groups is 1. The Labute approximate surface area is 108 Å². The van der Waals surface area contributed by atoms with Gasteiger partial charge >= 0.3 is 5.97 Å². The standard InChI is InChI=1S/C8H11ClN2O3S.ClH/c9-1-8(7(13)14)2-11-5(12)4(10)6(11)15-3-8;/h4,6H,1-3,10H2,(H,13,14);1H/t4?,6-,8?;/m1./s1. The van der Waals surface area contributed by atoms with E-state index in [9.17, 15) is 9.59 Å². The van der Waals surface area contributed by atoms with Crippen LogP contribution in [0, 0.1) is 5.41 Å². The van der Waals surface area contributed by atoms with Crippen molar-refractivity contribution in [1.82, 2.24) is 4.90 Å². The quantitative estimate of drug-likeness (QED) is 0.550. The molecule has 5 nitrogen and oxygen atoms in total. The van der Waals surface area contributed by atoms with E-state index in [1.54, 1.807) is 0 Å². The predicted molar refractivity (Wildman–Crippen MR) is 64.0 cm³/mol. The van der Waals surface area contributed by atoms with E-state index in [1.165, 1.54) is 16.7 Å². The Morgan fingerprint density at radius 2 is 2.38 bits per heavy atom. The van der Waals surface area contributed by atoms with Gasteiger partial charge in [-0.05, 0) is 0 Å². The first-order valence-corrected chi connectivity index (χ1v) is 6.07. The van der Waals surface area contributed by atoms with Gasteiger partial charge in [0.15, 0.2) is 0 Å². The van der Waals surface area contributed by atoms with Crippen molar-refractivity contribution in [3.63, 3.8) is 0 Å². The smallest absolute Gasteiger partial charge is 0.313 e. The number of β-lactam (4-membered cyclic amide) rings is 1. The average molecular weight is 287 g/mol. The first-order chi connectivity index (χ1) is 7.02. The van der Waals surface area contributed by atoms with Gasteiger partial charge in [-0.1, -0.05) is 0 Å². The van der Waals surface area contributed by atoms with Crippen molar-refractivity contribution in [2.45, 2.75) is 11.4 Å². The molecule has 0 aliphatic carbocycles. The molecule has 16 heavy (non-hydrogen) atoms. The predicted octanol–water partition coefficient (Wildman–Crippen LogP) is -0.0396. The van der Waals surface area contributed by atoms with Crippen LogP contribution in [-0.2, 0) is 9.59 Å². The summed E-state index contributed by atoms with van der Waals surface area (Å²) in [4.78, 5) is 24.0. The van der Waals surface area contributed by atoms with Gasteiger partial charge in [0.05, 0.1) is 0 Å². The Morgan fingerprint density at radius 1 is 1.75 bits per heavy atom. The molecule has 1 amide bonds. The lowest BCUT2D eigenvalue weighted by molar-refractivity contribution is -0.155. The number of hydrogen-bond acceptors (Lipinski definition) is 4. The number of alkyl halides is 1. The summed E-state index contributed by atoms with van der Waals surface area (Å²) >= 11 is 7.09. The van der Waals surface area contributed by atoms with E-state index >= 15 is 0 Å². The van der Waals surface area contributed by atoms with Gasteiger partial charge in [-0.25, -0.2) is 0 Å². The van der Waals surface area contributed by atoms with Gasteiger partial charge in [-0.2, -0.15) is 0 Å². The topological polar surface area (TPSA) is 83.6 Å². The molecule has 0 aromatic rings. The van der Waals surface area contributed by atoms with E-state index in [-0.39, 0.29) is 36.1 Å². The summed E-state index contributed by atoms with van der Waals surface area (Å²) in [7, 11) is 0. The molecule has 0 spiro atoms. The maximum atomic E-state index is 11.4. The summed E-state index contributed by atoms with van der Waals surface area (Å²) in [5, 5.41) is 9.04. The van der Waals surface area contributed by atoms with Gasteiger partial charge in [0.25, 0.3) is 0 Å². The van der Waals surface area contributed by atoms with Gasteiger partial charge in [0.2, 0.25) is 5.91 Å². The molecule has 2 aliphatic heterocycles. The molecule has 2 aliphatic rings. The van der Waals surface area contributed by atoms with Crippen LogP contribution in [0.5, 0.6) is 0 Å². The van der Waals surface area contributed by atoms with E-state index in [0.717, 1.165) is 0 Å². The van der Waals surface area contributed by atoms with Crippen molar-refractivity contribution in [2.24, 2.45) is 11.1 Å². The molecule has 2 saturated heterocycles. The number of carboxylic acids is 1. The van der Waals surface area contributed by atoms with E-state index in [1.807, 2.05) is 0 Å². The third-order valence-corrected chi connectivity index (χ3v) is 5.02. The van der Waals surface area contributed by atoms with Gasteiger partial charge in [0.1, 0.15) is 16.8 Å². The molecule has 92 valence electrons. The second-order valence-corrected chi connectivity index (χ2v) is 5.28. The fraction of sp³-hybridized carbons (Fsp3) is 0.750. The van der Waals surface area contributed by atoms with E-state index < -0.39 is 17.4 Å². The molecular formula is C8H12Cl2N2O3S. The van der Waals surface area contributed by atoms with Crippen LogP contribution in [0.25, 0.3) is 0 Å². The van der Waals surface area contributed by atoms with Crippen LogP contribution in [0.3, 0.4) is 0 Å². The van der Waals surface area contributed by atoms with Crippen LogP contribution in [0.15, 0.2) is 0 Å². The van der Waals surface area contributed by atoms with E-state index in [4.69, 9.17) is 22.4 Å². The summed E-state index contributed by atoms with van der Waals surface area (Å²) in [6, 6.07) is -0.475. The summed E-state index contributed by atoms with van der Waals surface area (Å²) in [5.74, 6) is -0.700. The first-order valence-electron chi connectivity index (χ1n) is 4.49. The molecule has 2 fully saturated rings. The van der Waals surface area contributed by atoms with Crippen molar-refractivity contribution in [2.75, 3.05) is 18.2 Å². The summed E-state index contributed by atoms with van der Waals surface area (Å²) in [6.07, 6.45) is 0. The lowest BCUT2D eigenvalue weighted by Crippen LogP contribution is -2.72. The Balaban J connectivity index is 0.00000128. The minimum Gasteiger partial charge on any atom is -0.481 e. The van der Waals surface area contributed by atoms with E-state index in [0.29, 0.717) is 5.75 Å². The second kappa shape index (κ2) is 4.60. The van der Waals surface area contributed by atoms with E-state index in [2.05, 4.69) is 0 Å². The zero-order valence-corrected chi connectivity index (χ0v) is 10.6. The Bertz CT molecular complexity index is 330. The third kappa shape index (κ3) is 1.77. The second-order valence-electron chi connectivity index (χ2n) is 3.91. The van der Waals surface area contributed by atoms with Crippen LogP contribution in [0.1, 0.15) is 0 Å². The van der Waals surface area contributed by atoms with Crippen molar-refractivity contribution in [1.29, 1.82) is 0 Å². The molecule has 0 aromatic heterocycles. The summed E-state index contributed by atoms with van der Waals surface area (Å²) in [5.41, 5.74) is 4.57. The molecule has 3 atom stereocenters. The van der Waals surface area contributed by atoms with Crippen LogP contribution in [0.4, 0.5) is 0 Å². The number of carbonyl (C=O) groups is 2. The Kier molecular flexibility index (Phi) is 3.99. The Morgan fingerprint density at radius 3 is 2.88 bits per heavy atom. The largest absolute Gasteiger partial charge is 0.481 e. The number of aliphatic carboxylic acids is 1. The normalized spacial score (nSPS) is 37.1. The molecule has 0 radical (unpaired) electrons. The van der Waals surface area contributed by atoms with Crippen LogP contribution >= 0.6 is 35.8 Å². The fourth-order valence-electron chi connectivity index (χ4n) is 1.80. The van der Waals surface area contributed by atoms with Gasteiger partial charge in [-0.3, -0.25) is 9.59 Å². The fourth-order valence-corrected chi connectivity index (χ4v) is 3.69. The highest BCUT2D eigenvalue weighted by atomic mass is 35.5. The maximum absolute atomic E-state index is 11.4. The Hall–Kier alpha value is -0.170. The summed E-state index contributed by atoms with van der Waals surface area (Å²) in [6.45, 7) is 0.177. The SMILES string of the molecule is Cl.NC1C(=O)N2CC(CCl)(C(=O)O)CS[C@H]12. The number of nitrogens with two attached hydrogens (primary N) is 1. The van der Waals surface area contributed by atoms with Gasteiger partial charge in [0, 0.05) is 18.2 Å². The van der Waals surface area contributed by atoms with Crippen molar-refractivity contribution >= 4 is 47.6 Å². The molecule has 0 bridgehead atoms. The van der Waals surface area contributed by atoms with Gasteiger partial charge < -0.3 is 15.7 Å². The number of amides is 1. The molecule has 2 rings (SSSR count). The van der Waals surface area contributed by atoms with Gasteiger partial charge in [-0.15, -0.1) is 35.8 Å². The van der Waals surface area contributed by atoms with Crippen LogP contribution in [-0.4, -0.2) is 51.5 Å². The summed E-state index contributed by atoms with van der Waals surface area (Å²) < 4.78 is 0. The minimum absolute atomic E-state index is 0. The van der Waals surface area contributed by atoms with Crippen molar-refractivity contribution in [3.8, 4) is 0 Å². The number of carbonyl (C=O) groups excluding carboxylic acids is 1. The average Bonchev–Trinajstić information content (AvgIpc) is 2.26. The molecule has 8 heteroatoms. The number of nitrogens with zero attached hydrogens (tertiary/aromatic N) is 1. The first kappa shape index (κ1) is 13.9. The monoisotopic (exact) mass is 286 g/mol. The lowest BCUT2D eigenvalue weighted by Gasteiger charge is -2.52. The number of fused-ring (bicyclic) bond motifs is 1. The minimum atomic E-state index is -1.02. The number of halogens is 2. The number of hydrogen-bond donors (Lipinski definition) is 2. The molecule has 2 unspecified atom stereocenters. The highest BCUT2D eigenvalue weighted by Gasteiger charge is 2.55. The molecule has 3 N–H and O–H groups in total. The molecular weight excluding hydrogens is 275 g/mol. The van der Waals surface area contributed by atoms with Crippen LogP contribution < -0.4 is 5.73 Å². The highest BCUT2D eigenvalue weighted by molar-refractivity contribution is 8.00. The molecule has 0 saturated carbocycles. The van der Waals surface area contributed by atoms with Crippen LogP contribution in [0.2, 0.25) is 0 Å².